The van der Waals surface area contributed by atoms with Gasteiger partial charge in [0.2, 0.25) is 0 Å². The lowest BCUT2D eigenvalue weighted by atomic mass is 10.3. The minimum atomic E-state index is -0.206. The minimum absolute atomic E-state index is 0.129. The van der Waals surface area contributed by atoms with Crippen LogP contribution in [0, 0.1) is 0 Å². The molecule has 1 heterocycles. The van der Waals surface area contributed by atoms with Crippen LogP contribution < -0.4 is 0 Å². The molecule has 0 aromatic rings. The number of hydrogen-bond donors (Lipinski definition) is 0. The van der Waals surface area contributed by atoms with Gasteiger partial charge in [-0.2, -0.15) is 0 Å². The molecular formula is C11H17NO3. The highest BCUT2D eigenvalue weighted by atomic mass is 16.5. The Kier molecular flexibility index (Phi) is 4.34. The lowest BCUT2D eigenvalue weighted by Gasteiger charge is -2.10. The Hall–Kier alpha value is -1.32. The zero-order valence-electron chi connectivity index (χ0n) is 9.28. The Bertz CT molecular complexity index is 284. The molecule has 0 aliphatic carbocycles. The molecule has 1 saturated heterocycles. The standard InChI is InChI=1S/C11H17NO3/c1-3-4-11(14)15-8-6-9-10(13)5-7-12(9)2/h6H,3-5,7-8H2,1-2H3/b9-6+. The van der Waals surface area contributed by atoms with Crippen LogP contribution in [0.3, 0.4) is 0 Å². The van der Waals surface area contributed by atoms with Crippen LogP contribution in [0.5, 0.6) is 0 Å². The van der Waals surface area contributed by atoms with E-state index >= 15 is 0 Å². The summed E-state index contributed by atoms with van der Waals surface area (Å²) in [6, 6.07) is 0. The molecule has 0 atom stereocenters. The Morgan fingerprint density at radius 1 is 1.60 bits per heavy atom. The molecule has 0 bridgehead atoms. The Morgan fingerprint density at radius 2 is 2.33 bits per heavy atom. The van der Waals surface area contributed by atoms with Crippen LogP contribution in [0.4, 0.5) is 0 Å². The van der Waals surface area contributed by atoms with Crippen LogP contribution in [0.25, 0.3) is 0 Å². The number of esters is 1. The van der Waals surface area contributed by atoms with Crippen molar-refractivity contribution < 1.29 is 14.3 Å². The lowest BCUT2D eigenvalue weighted by Crippen LogP contribution is -2.13. The van der Waals surface area contributed by atoms with Crippen molar-refractivity contribution in [3.8, 4) is 0 Å². The summed E-state index contributed by atoms with van der Waals surface area (Å²) in [5, 5.41) is 0. The van der Waals surface area contributed by atoms with Gasteiger partial charge in [-0.3, -0.25) is 9.59 Å². The number of likely N-dealkylation sites (N-methyl/N-ethyl adjacent to an activating group) is 1. The first kappa shape index (κ1) is 11.8. The maximum atomic E-state index is 11.3. The summed E-state index contributed by atoms with van der Waals surface area (Å²) in [6.07, 6.45) is 3.47. The third kappa shape index (κ3) is 3.38. The fraction of sp³-hybridized carbons (Fsp3) is 0.636. The predicted octanol–water partition coefficient (Wildman–Crippen LogP) is 1.12. The molecule has 84 valence electrons. The van der Waals surface area contributed by atoms with Crippen LogP contribution in [0.2, 0.25) is 0 Å². The third-order valence-corrected chi connectivity index (χ3v) is 2.35. The molecule has 0 amide bonds. The first-order valence-electron chi connectivity index (χ1n) is 5.25. The second-order valence-electron chi connectivity index (χ2n) is 3.62. The normalized spacial score (nSPS) is 18.7. The van der Waals surface area contributed by atoms with E-state index in [0.29, 0.717) is 18.5 Å². The van der Waals surface area contributed by atoms with Gasteiger partial charge in [-0.25, -0.2) is 0 Å². The summed E-state index contributed by atoms with van der Waals surface area (Å²) in [7, 11) is 1.87. The largest absolute Gasteiger partial charge is 0.461 e. The van der Waals surface area contributed by atoms with E-state index in [4.69, 9.17) is 4.74 Å². The monoisotopic (exact) mass is 211 g/mol. The van der Waals surface area contributed by atoms with E-state index in [1.807, 2.05) is 18.9 Å². The molecule has 1 aliphatic heterocycles. The van der Waals surface area contributed by atoms with E-state index in [-0.39, 0.29) is 18.4 Å². The van der Waals surface area contributed by atoms with Gasteiger partial charge in [0, 0.05) is 26.4 Å². The first-order chi connectivity index (χ1) is 7.15. The van der Waals surface area contributed by atoms with Crippen molar-refractivity contribution in [2.45, 2.75) is 26.2 Å². The van der Waals surface area contributed by atoms with Crippen LogP contribution >= 0.6 is 0 Å². The van der Waals surface area contributed by atoms with Crippen molar-refractivity contribution in [3.05, 3.63) is 11.8 Å². The van der Waals surface area contributed by atoms with Crippen LogP contribution in [0.1, 0.15) is 26.2 Å². The molecule has 0 unspecified atom stereocenters. The molecule has 4 nitrogen and oxygen atoms in total. The van der Waals surface area contributed by atoms with Gasteiger partial charge in [-0.05, 0) is 12.5 Å². The van der Waals surface area contributed by atoms with Crippen LogP contribution in [0.15, 0.2) is 11.8 Å². The van der Waals surface area contributed by atoms with Gasteiger partial charge >= 0.3 is 5.97 Å². The highest BCUT2D eigenvalue weighted by molar-refractivity contribution is 5.96. The zero-order valence-corrected chi connectivity index (χ0v) is 9.28. The molecule has 4 heteroatoms. The topological polar surface area (TPSA) is 46.6 Å². The first-order valence-corrected chi connectivity index (χ1v) is 5.25. The molecule has 1 rings (SSSR count). The van der Waals surface area contributed by atoms with Gasteiger partial charge in [-0.15, -0.1) is 0 Å². The summed E-state index contributed by atoms with van der Waals surface area (Å²) in [5.74, 6) is -0.0773. The molecule has 0 aromatic carbocycles. The quantitative estimate of drug-likeness (QED) is 0.516. The molecule has 0 saturated carbocycles. The number of carbonyl (C=O) groups excluding carboxylic acids is 2. The predicted molar refractivity (Wildman–Crippen MR) is 56.2 cm³/mol. The smallest absolute Gasteiger partial charge is 0.306 e. The van der Waals surface area contributed by atoms with Gasteiger partial charge in [0.25, 0.3) is 0 Å². The van der Waals surface area contributed by atoms with Gasteiger partial charge < -0.3 is 9.64 Å². The number of ether oxygens (including phenoxy) is 1. The van der Waals surface area contributed by atoms with Gasteiger partial charge in [0.1, 0.15) is 6.61 Å². The highest BCUT2D eigenvalue weighted by Crippen LogP contribution is 2.14. The molecule has 0 radical (unpaired) electrons. The van der Waals surface area contributed by atoms with Crippen molar-refractivity contribution in [2.75, 3.05) is 20.2 Å². The Morgan fingerprint density at radius 3 is 2.87 bits per heavy atom. The molecule has 15 heavy (non-hydrogen) atoms. The number of carbonyl (C=O) groups is 2. The van der Waals surface area contributed by atoms with Crippen molar-refractivity contribution >= 4 is 11.8 Å². The molecule has 0 spiro atoms. The van der Waals surface area contributed by atoms with E-state index in [0.717, 1.165) is 13.0 Å². The van der Waals surface area contributed by atoms with E-state index in [9.17, 15) is 9.59 Å². The third-order valence-electron chi connectivity index (χ3n) is 2.35. The zero-order chi connectivity index (χ0) is 11.3. The maximum absolute atomic E-state index is 11.3. The minimum Gasteiger partial charge on any atom is -0.461 e. The van der Waals surface area contributed by atoms with E-state index < -0.39 is 0 Å². The van der Waals surface area contributed by atoms with Crippen molar-refractivity contribution in [2.24, 2.45) is 0 Å². The molecule has 0 aromatic heterocycles. The number of hydrogen-bond acceptors (Lipinski definition) is 4. The van der Waals surface area contributed by atoms with Crippen molar-refractivity contribution in [3.63, 3.8) is 0 Å². The van der Waals surface area contributed by atoms with Crippen molar-refractivity contribution in [1.82, 2.24) is 4.90 Å². The van der Waals surface area contributed by atoms with E-state index in [2.05, 4.69) is 0 Å². The van der Waals surface area contributed by atoms with Crippen LogP contribution in [-0.4, -0.2) is 36.9 Å². The fourth-order valence-corrected chi connectivity index (χ4v) is 1.49. The molecule has 1 fully saturated rings. The van der Waals surface area contributed by atoms with Crippen LogP contribution in [-0.2, 0) is 14.3 Å². The Balaban J connectivity index is 2.37. The van der Waals surface area contributed by atoms with Gasteiger partial charge in [-0.1, -0.05) is 6.92 Å². The van der Waals surface area contributed by atoms with Crippen molar-refractivity contribution in [1.29, 1.82) is 0 Å². The molecular weight excluding hydrogens is 194 g/mol. The van der Waals surface area contributed by atoms with E-state index in [1.54, 1.807) is 6.08 Å². The summed E-state index contributed by atoms with van der Waals surface area (Å²) in [4.78, 5) is 24.3. The van der Waals surface area contributed by atoms with E-state index in [1.165, 1.54) is 0 Å². The lowest BCUT2D eigenvalue weighted by molar-refractivity contribution is -0.142. The molecule has 1 aliphatic rings. The number of nitrogens with zero attached hydrogens (tertiary/aromatic N) is 1. The Labute approximate surface area is 89.9 Å². The summed E-state index contributed by atoms with van der Waals surface area (Å²) < 4.78 is 4.95. The number of Topliss-reactive ketones (excluding diaryl/α,β-unsaturated/α-hetero) is 1. The molecule has 0 N–H and O–H groups in total. The highest BCUT2D eigenvalue weighted by Gasteiger charge is 2.21. The number of likely N-dealkylation sites (tertiary alicyclic amines) is 1. The number of allylic oxidation sites excluding steroid dienone is 1. The van der Waals surface area contributed by atoms with Gasteiger partial charge in [0.05, 0.1) is 5.70 Å². The second-order valence-corrected chi connectivity index (χ2v) is 3.62. The summed E-state index contributed by atoms with van der Waals surface area (Å²) >= 11 is 0. The second kappa shape index (κ2) is 5.53. The summed E-state index contributed by atoms with van der Waals surface area (Å²) in [6.45, 7) is 2.88. The maximum Gasteiger partial charge on any atom is 0.306 e. The summed E-state index contributed by atoms with van der Waals surface area (Å²) in [5.41, 5.74) is 0.666. The SMILES string of the molecule is CCCC(=O)OC/C=C1\C(=O)CCN1C. The average molecular weight is 211 g/mol. The number of ketones is 1. The fourth-order valence-electron chi connectivity index (χ4n) is 1.49. The number of rotatable bonds is 4. The van der Waals surface area contributed by atoms with Gasteiger partial charge in [0.15, 0.2) is 5.78 Å². The average Bonchev–Trinajstić information content (AvgIpc) is 2.49.